The van der Waals surface area contributed by atoms with Gasteiger partial charge in [0.05, 0.1) is 5.92 Å². The Hall–Kier alpha value is -1.35. The van der Waals surface area contributed by atoms with Crippen LogP contribution in [-0.4, -0.2) is 23.2 Å². The molecule has 1 aliphatic heterocycles. The predicted octanol–water partition coefficient (Wildman–Crippen LogP) is 0.956. The van der Waals surface area contributed by atoms with E-state index in [9.17, 15) is 4.79 Å². The molecule has 3 rings (SSSR count). The van der Waals surface area contributed by atoms with Gasteiger partial charge in [-0.2, -0.15) is 0 Å². The van der Waals surface area contributed by atoms with E-state index in [2.05, 4.69) is 23.5 Å². The maximum absolute atomic E-state index is 11.0. The fourth-order valence-corrected chi connectivity index (χ4v) is 2.93. The van der Waals surface area contributed by atoms with E-state index in [0.29, 0.717) is 17.9 Å². The summed E-state index contributed by atoms with van der Waals surface area (Å²) in [5.41, 5.74) is 0. The molecular formula is C12H13NO2. The smallest absolute Gasteiger partial charge is 0.311 e. The van der Waals surface area contributed by atoms with Crippen LogP contribution >= 0.6 is 0 Å². The molecule has 1 saturated heterocycles. The number of fused-ring (bicyclic) bond motifs is 3. The molecular weight excluding hydrogens is 190 g/mol. The fraction of sp³-hybridized carbons (Fsp3) is 0.417. The Balaban J connectivity index is 1.89. The van der Waals surface area contributed by atoms with Gasteiger partial charge in [0.1, 0.15) is 0 Å². The van der Waals surface area contributed by atoms with Crippen LogP contribution in [0.3, 0.4) is 0 Å². The van der Waals surface area contributed by atoms with Crippen LogP contribution in [0.15, 0.2) is 36.5 Å². The Labute approximate surface area is 88.2 Å². The highest BCUT2D eigenvalue weighted by molar-refractivity contribution is 5.74. The summed E-state index contributed by atoms with van der Waals surface area (Å²) in [6.45, 7) is 0. The zero-order chi connectivity index (χ0) is 10.4. The van der Waals surface area contributed by atoms with Gasteiger partial charge in [-0.3, -0.25) is 4.79 Å². The van der Waals surface area contributed by atoms with E-state index < -0.39 is 5.97 Å². The van der Waals surface area contributed by atoms with E-state index in [4.69, 9.17) is 5.11 Å². The molecule has 5 unspecified atom stereocenters. The van der Waals surface area contributed by atoms with E-state index in [1.54, 1.807) is 0 Å². The largest absolute Gasteiger partial charge is 0.481 e. The molecule has 0 spiro atoms. The second-order valence-electron chi connectivity index (χ2n) is 4.39. The van der Waals surface area contributed by atoms with Crippen LogP contribution < -0.4 is 5.32 Å². The number of aliphatic carboxylic acids is 1. The Kier molecular flexibility index (Phi) is 1.83. The fourth-order valence-electron chi connectivity index (χ4n) is 2.93. The van der Waals surface area contributed by atoms with Gasteiger partial charge in [-0.15, -0.1) is 0 Å². The third-order valence-electron chi connectivity index (χ3n) is 3.63. The maximum atomic E-state index is 11.0. The number of rotatable bonds is 1. The SMILES string of the molecule is O=C(O)C1C=CC2C3C=CC=CC3NC12. The van der Waals surface area contributed by atoms with E-state index in [1.807, 2.05) is 18.2 Å². The molecule has 0 bridgehead atoms. The molecule has 2 aliphatic carbocycles. The van der Waals surface area contributed by atoms with Crippen molar-refractivity contribution in [3.8, 4) is 0 Å². The first-order valence-electron chi connectivity index (χ1n) is 5.29. The summed E-state index contributed by atoms with van der Waals surface area (Å²) >= 11 is 0. The third-order valence-corrected chi connectivity index (χ3v) is 3.63. The summed E-state index contributed by atoms with van der Waals surface area (Å²) in [6, 6.07) is 0.390. The van der Waals surface area contributed by atoms with Crippen LogP contribution in [0.1, 0.15) is 0 Å². The number of carbonyl (C=O) groups is 1. The summed E-state index contributed by atoms with van der Waals surface area (Å²) in [4.78, 5) is 11.0. The highest BCUT2D eigenvalue weighted by atomic mass is 16.4. The molecule has 1 heterocycles. The van der Waals surface area contributed by atoms with Crippen molar-refractivity contribution in [1.82, 2.24) is 5.32 Å². The summed E-state index contributed by atoms with van der Waals surface area (Å²) < 4.78 is 0. The second-order valence-corrected chi connectivity index (χ2v) is 4.39. The van der Waals surface area contributed by atoms with E-state index in [-0.39, 0.29) is 12.0 Å². The van der Waals surface area contributed by atoms with Crippen LogP contribution in [-0.2, 0) is 4.79 Å². The first-order valence-corrected chi connectivity index (χ1v) is 5.29. The standard InChI is InChI=1S/C12H13NO2/c14-12(15)9-6-5-8-7-3-1-2-4-10(7)13-11(8)9/h1-11,13H,(H,14,15). The Bertz CT molecular complexity index is 383. The molecule has 5 atom stereocenters. The van der Waals surface area contributed by atoms with Crippen LogP contribution in [0.2, 0.25) is 0 Å². The Morgan fingerprint density at radius 2 is 1.87 bits per heavy atom. The molecule has 15 heavy (non-hydrogen) atoms. The Morgan fingerprint density at radius 1 is 1.07 bits per heavy atom. The number of allylic oxidation sites excluding steroid dienone is 2. The summed E-state index contributed by atoms with van der Waals surface area (Å²) in [5, 5.41) is 12.5. The molecule has 0 aromatic rings. The lowest BCUT2D eigenvalue weighted by molar-refractivity contribution is -0.140. The van der Waals surface area contributed by atoms with Gasteiger partial charge in [-0.25, -0.2) is 0 Å². The normalized spacial score (nSPS) is 45.5. The van der Waals surface area contributed by atoms with Crippen molar-refractivity contribution in [2.75, 3.05) is 0 Å². The lowest BCUT2D eigenvalue weighted by atomic mass is 9.85. The van der Waals surface area contributed by atoms with Crippen molar-refractivity contribution in [3.05, 3.63) is 36.5 Å². The number of nitrogens with one attached hydrogen (secondary N) is 1. The first kappa shape index (κ1) is 8.92. The van der Waals surface area contributed by atoms with Gasteiger partial charge in [0.25, 0.3) is 0 Å². The average Bonchev–Trinajstić information content (AvgIpc) is 2.74. The monoisotopic (exact) mass is 203 g/mol. The van der Waals surface area contributed by atoms with E-state index in [0.717, 1.165) is 0 Å². The molecule has 0 amide bonds. The lowest BCUT2D eigenvalue weighted by Gasteiger charge is -2.17. The molecule has 78 valence electrons. The van der Waals surface area contributed by atoms with Gasteiger partial charge < -0.3 is 10.4 Å². The molecule has 3 aliphatic rings. The highest BCUT2D eigenvalue weighted by Gasteiger charge is 2.47. The van der Waals surface area contributed by atoms with E-state index in [1.165, 1.54) is 0 Å². The highest BCUT2D eigenvalue weighted by Crippen LogP contribution is 2.40. The van der Waals surface area contributed by atoms with Gasteiger partial charge in [0, 0.05) is 23.9 Å². The van der Waals surface area contributed by atoms with Crippen molar-refractivity contribution >= 4 is 5.97 Å². The molecule has 0 aromatic carbocycles. The van der Waals surface area contributed by atoms with Crippen LogP contribution in [0, 0.1) is 17.8 Å². The molecule has 0 saturated carbocycles. The zero-order valence-corrected chi connectivity index (χ0v) is 8.21. The van der Waals surface area contributed by atoms with Crippen molar-refractivity contribution in [1.29, 1.82) is 0 Å². The van der Waals surface area contributed by atoms with Crippen LogP contribution in [0.4, 0.5) is 0 Å². The van der Waals surface area contributed by atoms with Gasteiger partial charge in [0.15, 0.2) is 0 Å². The predicted molar refractivity (Wildman–Crippen MR) is 56.2 cm³/mol. The van der Waals surface area contributed by atoms with E-state index >= 15 is 0 Å². The minimum atomic E-state index is -0.724. The quantitative estimate of drug-likeness (QED) is 0.624. The minimum Gasteiger partial charge on any atom is -0.481 e. The number of hydrogen-bond acceptors (Lipinski definition) is 2. The molecule has 2 N–H and O–H groups in total. The molecule has 3 nitrogen and oxygen atoms in total. The zero-order valence-electron chi connectivity index (χ0n) is 8.21. The van der Waals surface area contributed by atoms with Gasteiger partial charge in [-0.05, 0) is 0 Å². The topological polar surface area (TPSA) is 49.3 Å². The number of carboxylic acid groups (broad SMARTS) is 1. The van der Waals surface area contributed by atoms with Gasteiger partial charge in [0.2, 0.25) is 0 Å². The molecule has 3 heteroatoms. The van der Waals surface area contributed by atoms with Crippen molar-refractivity contribution < 1.29 is 9.90 Å². The molecule has 0 aromatic heterocycles. The van der Waals surface area contributed by atoms with Gasteiger partial charge in [-0.1, -0.05) is 36.5 Å². The van der Waals surface area contributed by atoms with Crippen molar-refractivity contribution in [3.63, 3.8) is 0 Å². The molecule has 1 fully saturated rings. The summed E-state index contributed by atoms with van der Waals surface area (Å²) in [7, 11) is 0. The van der Waals surface area contributed by atoms with Crippen molar-refractivity contribution in [2.45, 2.75) is 12.1 Å². The van der Waals surface area contributed by atoms with Crippen molar-refractivity contribution in [2.24, 2.45) is 17.8 Å². The first-order chi connectivity index (χ1) is 7.27. The summed E-state index contributed by atoms with van der Waals surface area (Å²) in [6.07, 6.45) is 12.3. The average molecular weight is 203 g/mol. The molecule has 0 radical (unpaired) electrons. The minimum absolute atomic E-state index is 0.0740. The third kappa shape index (κ3) is 1.20. The van der Waals surface area contributed by atoms with Crippen LogP contribution in [0.25, 0.3) is 0 Å². The van der Waals surface area contributed by atoms with Crippen LogP contribution in [0.5, 0.6) is 0 Å². The maximum Gasteiger partial charge on any atom is 0.311 e. The number of carboxylic acids is 1. The van der Waals surface area contributed by atoms with Gasteiger partial charge >= 0.3 is 5.97 Å². The lowest BCUT2D eigenvalue weighted by Crippen LogP contribution is -2.37. The Morgan fingerprint density at radius 3 is 2.67 bits per heavy atom. The number of hydrogen-bond donors (Lipinski definition) is 2. The second kappa shape index (κ2) is 3.07. The summed E-state index contributed by atoms with van der Waals surface area (Å²) in [5.74, 6) is -0.307.